The Morgan fingerprint density at radius 3 is 2.42 bits per heavy atom. The molecule has 0 aromatic heterocycles. The number of hydrogen-bond donors (Lipinski definition) is 1. The standard InChI is InChI=1S/C31H46O5/c1-20(2)8-6-9-22(4)29-30(5)17-7-10-23(12-13-24-18-25(32)14-11-21(24)3)26(30)19-31(29)35-27(33)15-16-28(34)36-31/h12-13,20,22,25-26,29,32H,3,6-11,14-19H2,1-2,4-5H3/b23-12+,24-13+/t22-,25+,26+,29-,30-/m1/s1. The van der Waals surface area contributed by atoms with E-state index < -0.39 is 5.79 Å². The van der Waals surface area contributed by atoms with Gasteiger partial charge in [-0.1, -0.05) is 76.8 Å². The maximum atomic E-state index is 12.7. The Hall–Kier alpha value is -1.88. The highest BCUT2D eigenvalue weighted by Crippen LogP contribution is 2.65. The van der Waals surface area contributed by atoms with Gasteiger partial charge in [0.15, 0.2) is 0 Å². The Kier molecular flexibility index (Phi) is 8.19. The highest BCUT2D eigenvalue weighted by Gasteiger charge is 2.67. The average molecular weight is 499 g/mol. The third-order valence-electron chi connectivity index (χ3n) is 9.40. The number of carbonyl (C=O) groups excluding carboxylic acids is 2. The van der Waals surface area contributed by atoms with Crippen molar-refractivity contribution in [2.45, 2.75) is 117 Å². The van der Waals surface area contributed by atoms with Gasteiger partial charge in [-0.2, -0.15) is 0 Å². The fourth-order valence-electron chi connectivity index (χ4n) is 7.71. The number of carbonyl (C=O) groups is 2. The first-order valence-electron chi connectivity index (χ1n) is 14.2. The summed E-state index contributed by atoms with van der Waals surface area (Å²) in [6.07, 6.45) is 13.5. The number of esters is 2. The van der Waals surface area contributed by atoms with Crippen LogP contribution in [-0.2, 0) is 19.1 Å². The molecule has 5 heteroatoms. The fraction of sp³-hybridized carbons (Fsp3) is 0.742. The van der Waals surface area contributed by atoms with Gasteiger partial charge in [0.05, 0.1) is 18.9 Å². The average Bonchev–Trinajstić information content (AvgIpc) is 2.96. The molecule has 0 aromatic carbocycles. The van der Waals surface area contributed by atoms with Crippen LogP contribution < -0.4 is 0 Å². The van der Waals surface area contributed by atoms with Gasteiger partial charge in [0.2, 0.25) is 0 Å². The van der Waals surface area contributed by atoms with Gasteiger partial charge in [-0.15, -0.1) is 0 Å². The van der Waals surface area contributed by atoms with Gasteiger partial charge < -0.3 is 14.6 Å². The van der Waals surface area contributed by atoms with E-state index in [0.717, 1.165) is 62.5 Å². The molecule has 1 aliphatic heterocycles. The molecule has 1 saturated heterocycles. The molecule has 1 spiro atoms. The largest absolute Gasteiger partial charge is 0.422 e. The molecule has 0 radical (unpaired) electrons. The number of aliphatic hydroxyl groups is 1. The summed E-state index contributed by atoms with van der Waals surface area (Å²) in [7, 11) is 0. The van der Waals surface area contributed by atoms with Crippen LogP contribution in [0.3, 0.4) is 0 Å². The molecule has 0 amide bonds. The first kappa shape index (κ1) is 27.2. The normalized spacial score (nSPS) is 35.6. The van der Waals surface area contributed by atoms with Crippen molar-refractivity contribution < 1.29 is 24.2 Å². The van der Waals surface area contributed by atoms with Crippen LogP contribution >= 0.6 is 0 Å². The molecule has 1 heterocycles. The van der Waals surface area contributed by atoms with Gasteiger partial charge in [-0.25, -0.2) is 0 Å². The SMILES string of the molecule is C=C1CC[C@H](O)C/C1=C\C=C1/CCC[C@]2(C)[C@H]1CC1(OC(=O)CCC(=O)O1)[C@@H]2[C@H](C)CCCC(C)C. The van der Waals surface area contributed by atoms with Gasteiger partial charge in [0.1, 0.15) is 0 Å². The van der Waals surface area contributed by atoms with Crippen LogP contribution in [0.5, 0.6) is 0 Å². The molecule has 200 valence electrons. The number of aliphatic hydroxyl groups excluding tert-OH is 1. The molecule has 0 aromatic rings. The monoisotopic (exact) mass is 498 g/mol. The summed E-state index contributed by atoms with van der Waals surface area (Å²) in [5.74, 6) is -0.745. The summed E-state index contributed by atoms with van der Waals surface area (Å²) in [6, 6.07) is 0. The second-order valence-electron chi connectivity index (χ2n) is 12.6. The number of allylic oxidation sites excluding steroid dienone is 4. The van der Waals surface area contributed by atoms with Gasteiger partial charge in [-0.3, -0.25) is 9.59 Å². The van der Waals surface area contributed by atoms with Crippen LogP contribution in [0, 0.1) is 29.1 Å². The third kappa shape index (κ3) is 5.51. The van der Waals surface area contributed by atoms with E-state index in [-0.39, 0.29) is 54.1 Å². The molecule has 0 unspecified atom stereocenters. The lowest BCUT2D eigenvalue weighted by molar-refractivity contribution is -0.247. The first-order valence-corrected chi connectivity index (χ1v) is 14.2. The topological polar surface area (TPSA) is 72.8 Å². The van der Waals surface area contributed by atoms with Crippen molar-refractivity contribution in [3.05, 3.63) is 35.5 Å². The van der Waals surface area contributed by atoms with E-state index >= 15 is 0 Å². The summed E-state index contributed by atoms with van der Waals surface area (Å²) in [4.78, 5) is 25.5. The van der Waals surface area contributed by atoms with Crippen molar-refractivity contribution >= 4 is 11.9 Å². The maximum absolute atomic E-state index is 12.7. The highest BCUT2D eigenvalue weighted by molar-refractivity contribution is 5.80. The zero-order valence-corrected chi connectivity index (χ0v) is 22.8. The number of rotatable bonds is 6. The molecule has 1 N–H and O–H groups in total. The van der Waals surface area contributed by atoms with Crippen molar-refractivity contribution in [2.24, 2.45) is 29.1 Å². The van der Waals surface area contributed by atoms with Crippen molar-refractivity contribution in [3.8, 4) is 0 Å². The van der Waals surface area contributed by atoms with E-state index in [1.54, 1.807) is 0 Å². The molecule has 5 nitrogen and oxygen atoms in total. The zero-order chi connectivity index (χ0) is 26.1. The van der Waals surface area contributed by atoms with E-state index in [9.17, 15) is 14.7 Å². The Balaban J connectivity index is 1.69. The molecular formula is C31H46O5. The van der Waals surface area contributed by atoms with E-state index in [1.165, 1.54) is 5.57 Å². The Morgan fingerprint density at radius 1 is 1.06 bits per heavy atom. The minimum absolute atomic E-state index is 0.0315. The van der Waals surface area contributed by atoms with Gasteiger partial charge in [0, 0.05) is 12.3 Å². The molecule has 5 atom stereocenters. The predicted octanol–water partition coefficient (Wildman–Crippen LogP) is 6.81. The van der Waals surface area contributed by atoms with Crippen molar-refractivity contribution in [1.82, 2.24) is 0 Å². The zero-order valence-electron chi connectivity index (χ0n) is 22.8. The van der Waals surface area contributed by atoms with E-state index in [4.69, 9.17) is 9.47 Å². The fourth-order valence-corrected chi connectivity index (χ4v) is 7.71. The highest BCUT2D eigenvalue weighted by atomic mass is 16.7. The first-order chi connectivity index (χ1) is 17.0. The van der Waals surface area contributed by atoms with Crippen LogP contribution in [0.25, 0.3) is 0 Å². The second-order valence-corrected chi connectivity index (χ2v) is 12.6. The molecule has 4 fully saturated rings. The molecule has 4 rings (SSSR count). The number of hydrogen-bond acceptors (Lipinski definition) is 5. The summed E-state index contributed by atoms with van der Waals surface area (Å²) in [5, 5.41) is 10.2. The second kappa shape index (κ2) is 10.8. The van der Waals surface area contributed by atoms with E-state index in [1.807, 2.05) is 0 Å². The molecule has 36 heavy (non-hydrogen) atoms. The van der Waals surface area contributed by atoms with Crippen LogP contribution in [-0.4, -0.2) is 28.9 Å². The van der Waals surface area contributed by atoms with Crippen molar-refractivity contribution in [1.29, 1.82) is 0 Å². The Morgan fingerprint density at radius 2 is 1.75 bits per heavy atom. The minimum atomic E-state index is -1.18. The maximum Gasteiger partial charge on any atom is 0.309 e. The van der Waals surface area contributed by atoms with Gasteiger partial charge >= 0.3 is 11.9 Å². The molecule has 0 bridgehead atoms. The Labute approximate surface area is 217 Å². The van der Waals surface area contributed by atoms with Crippen LogP contribution in [0.15, 0.2) is 35.5 Å². The molecule has 4 aliphatic rings. The van der Waals surface area contributed by atoms with Gasteiger partial charge in [0.25, 0.3) is 5.79 Å². The molecule has 3 saturated carbocycles. The Bertz CT molecular complexity index is 909. The lowest BCUT2D eigenvalue weighted by atomic mass is 9.60. The van der Waals surface area contributed by atoms with Crippen LogP contribution in [0.2, 0.25) is 0 Å². The predicted molar refractivity (Wildman–Crippen MR) is 141 cm³/mol. The summed E-state index contributed by atoms with van der Waals surface area (Å²) < 4.78 is 12.3. The van der Waals surface area contributed by atoms with E-state index in [0.29, 0.717) is 18.8 Å². The lowest BCUT2D eigenvalue weighted by Gasteiger charge is -2.46. The van der Waals surface area contributed by atoms with Gasteiger partial charge in [-0.05, 0) is 67.3 Å². The van der Waals surface area contributed by atoms with Crippen LogP contribution in [0.4, 0.5) is 0 Å². The summed E-state index contributed by atoms with van der Waals surface area (Å²) >= 11 is 0. The van der Waals surface area contributed by atoms with Crippen molar-refractivity contribution in [2.75, 3.05) is 0 Å². The smallest absolute Gasteiger partial charge is 0.309 e. The molecule has 3 aliphatic carbocycles. The van der Waals surface area contributed by atoms with Crippen molar-refractivity contribution in [3.63, 3.8) is 0 Å². The van der Waals surface area contributed by atoms with Crippen LogP contribution in [0.1, 0.15) is 105 Å². The summed E-state index contributed by atoms with van der Waals surface area (Å²) in [6.45, 7) is 13.3. The lowest BCUT2D eigenvalue weighted by Crippen LogP contribution is -2.48. The molecular weight excluding hydrogens is 452 g/mol. The number of ether oxygens (including phenoxy) is 2. The minimum Gasteiger partial charge on any atom is -0.422 e. The summed E-state index contributed by atoms with van der Waals surface area (Å²) in [5.41, 5.74) is 3.47. The van der Waals surface area contributed by atoms with E-state index in [2.05, 4.69) is 46.4 Å². The number of fused-ring (bicyclic) bond motifs is 1. The third-order valence-corrected chi connectivity index (χ3v) is 9.40. The quantitative estimate of drug-likeness (QED) is 0.408.